The molecule has 0 saturated carbocycles. The number of amides is 1. The molecule has 1 fully saturated rings. The Kier molecular flexibility index (Phi) is 3.62. The van der Waals surface area contributed by atoms with Gasteiger partial charge in [0.05, 0.1) is 23.6 Å². The molecule has 1 amide bonds. The van der Waals surface area contributed by atoms with Gasteiger partial charge in [0, 0.05) is 20.1 Å². The van der Waals surface area contributed by atoms with Gasteiger partial charge < -0.3 is 9.64 Å². The Morgan fingerprint density at radius 2 is 1.90 bits per heavy atom. The van der Waals surface area contributed by atoms with Crippen LogP contribution < -0.4 is 9.64 Å². The number of sulfonamides is 1. The number of anilines is 1. The van der Waals surface area contributed by atoms with Gasteiger partial charge in [-0.1, -0.05) is 0 Å². The van der Waals surface area contributed by atoms with Crippen LogP contribution in [0.1, 0.15) is 19.3 Å². The minimum absolute atomic E-state index is 0.0792. The highest BCUT2D eigenvalue weighted by molar-refractivity contribution is 7.89. The van der Waals surface area contributed by atoms with Crippen molar-refractivity contribution in [3.05, 3.63) is 18.2 Å². The molecule has 0 aliphatic carbocycles. The van der Waals surface area contributed by atoms with E-state index in [2.05, 4.69) is 0 Å². The molecule has 1 aromatic carbocycles. The van der Waals surface area contributed by atoms with E-state index in [1.165, 1.54) is 15.3 Å². The van der Waals surface area contributed by atoms with Crippen molar-refractivity contribution in [3.8, 4) is 5.75 Å². The zero-order chi connectivity index (χ0) is 15.0. The van der Waals surface area contributed by atoms with Crippen molar-refractivity contribution in [1.29, 1.82) is 0 Å². The second-order valence-electron chi connectivity index (χ2n) is 5.29. The van der Waals surface area contributed by atoms with E-state index in [-0.39, 0.29) is 10.8 Å². The molecule has 0 atom stereocenters. The first-order valence-electron chi connectivity index (χ1n) is 7.04. The zero-order valence-corrected chi connectivity index (χ0v) is 12.7. The van der Waals surface area contributed by atoms with Gasteiger partial charge in [0.15, 0.2) is 0 Å². The fourth-order valence-corrected chi connectivity index (χ4v) is 4.21. The molecular weight excluding hydrogens is 292 g/mol. The molecule has 0 aromatic heterocycles. The van der Waals surface area contributed by atoms with Gasteiger partial charge >= 0.3 is 0 Å². The molecule has 0 radical (unpaired) electrons. The SMILES string of the molecule is CN1C(=O)CCOc2ccc(S(=O)(=O)N3CCCC3)cc21. The smallest absolute Gasteiger partial charge is 0.243 e. The minimum Gasteiger partial charge on any atom is -0.491 e. The first-order chi connectivity index (χ1) is 10.00. The summed E-state index contributed by atoms with van der Waals surface area (Å²) in [6, 6.07) is 4.72. The Morgan fingerprint density at radius 3 is 2.62 bits per heavy atom. The van der Waals surface area contributed by atoms with Crippen LogP contribution in [-0.4, -0.2) is 45.4 Å². The Hall–Kier alpha value is -1.60. The molecule has 2 heterocycles. The summed E-state index contributed by atoms with van der Waals surface area (Å²) in [5, 5.41) is 0. The Balaban J connectivity index is 2.02. The summed E-state index contributed by atoms with van der Waals surface area (Å²) in [5.74, 6) is 0.466. The number of fused-ring (bicyclic) bond motifs is 1. The van der Waals surface area contributed by atoms with Crippen LogP contribution in [-0.2, 0) is 14.8 Å². The number of carbonyl (C=O) groups excluding carboxylic acids is 1. The predicted octanol–water partition coefficient (Wildman–Crippen LogP) is 1.22. The van der Waals surface area contributed by atoms with Crippen molar-refractivity contribution in [2.75, 3.05) is 31.6 Å². The summed E-state index contributed by atoms with van der Waals surface area (Å²) in [7, 11) is -1.84. The molecule has 21 heavy (non-hydrogen) atoms. The van der Waals surface area contributed by atoms with Crippen LogP contribution in [0.5, 0.6) is 5.75 Å². The Morgan fingerprint density at radius 1 is 1.19 bits per heavy atom. The van der Waals surface area contributed by atoms with E-state index in [4.69, 9.17) is 4.74 Å². The third-order valence-electron chi connectivity index (χ3n) is 3.94. The van der Waals surface area contributed by atoms with Crippen molar-refractivity contribution in [2.24, 2.45) is 0 Å². The normalized spacial score (nSPS) is 20.0. The van der Waals surface area contributed by atoms with Gasteiger partial charge in [-0.25, -0.2) is 8.42 Å². The number of rotatable bonds is 2. The molecule has 0 unspecified atom stereocenters. The summed E-state index contributed by atoms with van der Waals surface area (Å²) < 4.78 is 32.2. The highest BCUT2D eigenvalue weighted by atomic mass is 32.2. The standard InChI is InChI=1S/C14H18N2O4S/c1-15-12-10-11(21(18,19)16-7-2-3-8-16)4-5-13(12)20-9-6-14(15)17/h4-5,10H,2-3,6-9H2,1H3. The number of nitrogens with zero attached hydrogens (tertiary/aromatic N) is 2. The Bertz CT molecular complexity index is 666. The number of hydrogen-bond acceptors (Lipinski definition) is 4. The van der Waals surface area contributed by atoms with Gasteiger partial charge in [-0.3, -0.25) is 4.79 Å². The van der Waals surface area contributed by atoms with E-state index in [9.17, 15) is 13.2 Å². The molecule has 7 heteroatoms. The van der Waals surface area contributed by atoms with Crippen LogP contribution in [0, 0.1) is 0 Å². The predicted molar refractivity (Wildman–Crippen MR) is 78.0 cm³/mol. The van der Waals surface area contributed by atoms with Crippen LogP contribution in [0.3, 0.4) is 0 Å². The van der Waals surface area contributed by atoms with E-state index in [0.717, 1.165) is 12.8 Å². The lowest BCUT2D eigenvalue weighted by atomic mass is 10.2. The van der Waals surface area contributed by atoms with Gasteiger partial charge in [-0.15, -0.1) is 0 Å². The maximum Gasteiger partial charge on any atom is 0.243 e. The lowest BCUT2D eigenvalue weighted by Crippen LogP contribution is -2.28. The number of benzene rings is 1. The molecule has 0 bridgehead atoms. The van der Waals surface area contributed by atoms with Gasteiger partial charge in [0.2, 0.25) is 15.9 Å². The van der Waals surface area contributed by atoms with Crippen molar-refractivity contribution >= 4 is 21.6 Å². The number of ether oxygens (including phenoxy) is 1. The number of hydrogen-bond donors (Lipinski definition) is 0. The van der Waals surface area contributed by atoms with E-state index >= 15 is 0 Å². The number of carbonyl (C=O) groups is 1. The fourth-order valence-electron chi connectivity index (χ4n) is 2.67. The topological polar surface area (TPSA) is 66.9 Å². The first kappa shape index (κ1) is 14.3. The minimum atomic E-state index is -3.49. The van der Waals surface area contributed by atoms with Crippen LogP contribution in [0.4, 0.5) is 5.69 Å². The Labute approximate surface area is 124 Å². The third-order valence-corrected chi connectivity index (χ3v) is 5.84. The molecule has 0 spiro atoms. The third kappa shape index (κ3) is 2.51. The summed E-state index contributed by atoms with van der Waals surface area (Å²) in [5.41, 5.74) is 0.512. The van der Waals surface area contributed by atoms with E-state index in [0.29, 0.717) is 37.6 Å². The van der Waals surface area contributed by atoms with Gasteiger partial charge in [0.1, 0.15) is 5.75 Å². The van der Waals surface area contributed by atoms with E-state index in [1.54, 1.807) is 19.2 Å². The highest BCUT2D eigenvalue weighted by Crippen LogP contribution is 2.34. The molecule has 114 valence electrons. The van der Waals surface area contributed by atoms with Crippen LogP contribution in [0.25, 0.3) is 0 Å². The molecule has 3 rings (SSSR count). The second-order valence-corrected chi connectivity index (χ2v) is 7.23. The fraction of sp³-hybridized carbons (Fsp3) is 0.500. The lowest BCUT2D eigenvalue weighted by molar-refractivity contribution is -0.118. The lowest BCUT2D eigenvalue weighted by Gasteiger charge is -2.20. The van der Waals surface area contributed by atoms with Crippen molar-refractivity contribution in [2.45, 2.75) is 24.2 Å². The van der Waals surface area contributed by atoms with E-state index < -0.39 is 10.0 Å². The van der Waals surface area contributed by atoms with E-state index in [1.807, 2.05) is 0 Å². The monoisotopic (exact) mass is 310 g/mol. The molecular formula is C14H18N2O4S. The van der Waals surface area contributed by atoms with Crippen LogP contribution in [0.2, 0.25) is 0 Å². The van der Waals surface area contributed by atoms with Gasteiger partial charge in [0.25, 0.3) is 0 Å². The molecule has 6 nitrogen and oxygen atoms in total. The quantitative estimate of drug-likeness (QED) is 0.823. The average molecular weight is 310 g/mol. The summed E-state index contributed by atoms with van der Waals surface area (Å²) in [4.78, 5) is 13.6. The van der Waals surface area contributed by atoms with Gasteiger partial charge in [-0.05, 0) is 31.0 Å². The molecule has 1 aromatic rings. The zero-order valence-electron chi connectivity index (χ0n) is 11.9. The van der Waals surface area contributed by atoms with Crippen molar-refractivity contribution < 1.29 is 17.9 Å². The maximum absolute atomic E-state index is 12.6. The van der Waals surface area contributed by atoms with Crippen molar-refractivity contribution in [3.63, 3.8) is 0 Å². The van der Waals surface area contributed by atoms with Crippen molar-refractivity contribution in [1.82, 2.24) is 4.31 Å². The summed E-state index contributed by atoms with van der Waals surface area (Å²) >= 11 is 0. The molecule has 1 saturated heterocycles. The summed E-state index contributed by atoms with van der Waals surface area (Å²) in [6.07, 6.45) is 2.08. The van der Waals surface area contributed by atoms with Crippen LogP contribution >= 0.6 is 0 Å². The molecule has 2 aliphatic rings. The largest absolute Gasteiger partial charge is 0.491 e. The maximum atomic E-state index is 12.6. The highest BCUT2D eigenvalue weighted by Gasteiger charge is 2.29. The molecule has 0 N–H and O–H groups in total. The second kappa shape index (κ2) is 5.31. The average Bonchev–Trinajstić information content (AvgIpc) is 2.97. The van der Waals surface area contributed by atoms with Crippen LogP contribution in [0.15, 0.2) is 23.1 Å². The molecule has 2 aliphatic heterocycles. The summed E-state index contributed by atoms with van der Waals surface area (Å²) in [6.45, 7) is 1.43. The first-order valence-corrected chi connectivity index (χ1v) is 8.48. The van der Waals surface area contributed by atoms with Gasteiger partial charge in [-0.2, -0.15) is 4.31 Å².